The third kappa shape index (κ3) is 3.04. The average molecular weight is 289 g/mol. The number of halogens is 2. The lowest BCUT2D eigenvalue weighted by Crippen LogP contribution is -2.36. The third-order valence-electron chi connectivity index (χ3n) is 3.88. The molecule has 1 saturated carbocycles. The van der Waals surface area contributed by atoms with Crippen molar-refractivity contribution in [2.45, 2.75) is 45.1 Å². The second-order valence-electron chi connectivity index (χ2n) is 4.89. The van der Waals surface area contributed by atoms with Crippen molar-refractivity contribution < 1.29 is 0 Å². The van der Waals surface area contributed by atoms with Crippen LogP contribution in [0.4, 0.5) is 5.82 Å². The van der Waals surface area contributed by atoms with E-state index in [4.69, 9.17) is 23.2 Å². The molecule has 1 fully saturated rings. The Morgan fingerprint density at radius 3 is 2.44 bits per heavy atom. The fraction of sp³-hybridized carbons (Fsp3) is 0.750. The van der Waals surface area contributed by atoms with E-state index in [-0.39, 0.29) is 5.28 Å². The second kappa shape index (κ2) is 6.02. The summed E-state index contributed by atoms with van der Waals surface area (Å²) >= 11 is 11.8. The van der Waals surface area contributed by atoms with Crippen molar-refractivity contribution in [3.05, 3.63) is 10.4 Å². The Bertz CT molecular complexity index is 405. The van der Waals surface area contributed by atoms with Crippen molar-refractivity contribution in [1.29, 1.82) is 0 Å². The molecule has 6 heteroatoms. The van der Waals surface area contributed by atoms with Gasteiger partial charge in [-0.1, -0.05) is 24.9 Å². The van der Waals surface area contributed by atoms with E-state index >= 15 is 0 Å². The first kappa shape index (κ1) is 13.8. The quantitative estimate of drug-likeness (QED) is 0.853. The van der Waals surface area contributed by atoms with Crippen LogP contribution >= 0.6 is 23.2 Å². The summed E-state index contributed by atoms with van der Waals surface area (Å²) in [6, 6.07) is 0.470. The molecule has 0 aliphatic heterocycles. The van der Waals surface area contributed by atoms with Gasteiger partial charge < -0.3 is 4.90 Å². The SMILES string of the molecule is CCC1CCC(N(C)c2nc(Cl)nnc2Cl)CC1. The summed E-state index contributed by atoms with van der Waals surface area (Å²) in [7, 11) is 2.00. The summed E-state index contributed by atoms with van der Waals surface area (Å²) in [5.41, 5.74) is 0. The lowest BCUT2D eigenvalue weighted by atomic mass is 9.84. The van der Waals surface area contributed by atoms with Crippen LogP contribution in [-0.2, 0) is 0 Å². The first-order valence-electron chi connectivity index (χ1n) is 6.40. The van der Waals surface area contributed by atoms with Crippen LogP contribution in [0.1, 0.15) is 39.0 Å². The summed E-state index contributed by atoms with van der Waals surface area (Å²) in [5, 5.41) is 7.90. The zero-order valence-electron chi connectivity index (χ0n) is 10.7. The Morgan fingerprint density at radius 2 is 1.83 bits per heavy atom. The molecule has 0 spiro atoms. The largest absolute Gasteiger partial charge is 0.354 e. The summed E-state index contributed by atoms with van der Waals surface area (Å²) in [6.45, 7) is 2.26. The minimum absolute atomic E-state index is 0.142. The Balaban J connectivity index is 2.07. The van der Waals surface area contributed by atoms with Gasteiger partial charge in [-0.15, -0.1) is 10.2 Å². The zero-order valence-corrected chi connectivity index (χ0v) is 12.2. The van der Waals surface area contributed by atoms with Crippen LogP contribution < -0.4 is 4.90 Å². The van der Waals surface area contributed by atoms with Gasteiger partial charge in [0.05, 0.1) is 0 Å². The van der Waals surface area contributed by atoms with Gasteiger partial charge in [0.25, 0.3) is 0 Å². The first-order valence-corrected chi connectivity index (χ1v) is 7.16. The standard InChI is InChI=1S/C12H18Cl2N4/c1-3-8-4-6-9(7-5-8)18(2)11-10(13)16-17-12(14)15-11/h8-9H,3-7H2,1-2H3. The van der Waals surface area contributed by atoms with Crippen molar-refractivity contribution in [2.75, 3.05) is 11.9 Å². The fourth-order valence-electron chi connectivity index (χ4n) is 2.62. The molecule has 1 aliphatic rings. The third-order valence-corrected chi connectivity index (χ3v) is 4.28. The van der Waals surface area contributed by atoms with Crippen molar-refractivity contribution >= 4 is 29.0 Å². The van der Waals surface area contributed by atoms with E-state index in [1.807, 2.05) is 7.05 Å². The smallest absolute Gasteiger partial charge is 0.245 e. The molecule has 1 aromatic rings. The van der Waals surface area contributed by atoms with Crippen molar-refractivity contribution in [3.63, 3.8) is 0 Å². The molecular formula is C12H18Cl2N4. The van der Waals surface area contributed by atoms with Crippen LogP contribution in [-0.4, -0.2) is 28.3 Å². The predicted molar refractivity (Wildman–Crippen MR) is 74.3 cm³/mol. The molecule has 0 saturated heterocycles. The average Bonchev–Trinajstić information content (AvgIpc) is 2.41. The van der Waals surface area contributed by atoms with Crippen molar-refractivity contribution in [3.8, 4) is 0 Å². The number of hydrogen-bond donors (Lipinski definition) is 0. The van der Waals surface area contributed by atoms with Crippen LogP contribution in [0.25, 0.3) is 0 Å². The van der Waals surface area contributed by atoms with Gasteiger partial charge in [0, 0.05) is 13.1 Å². The predicted octanol–water partition coefficient (Wildman–Crippen LogP) is 3.58. The van der Waals surface area contributed by atoms with Crippen LogP contribution in [0.15, 0.2) is 0 Å². The number of nitrogens with zero attached hydrogens (tertiary/aromatic N) is 4. The van der Waals surface area contributed by atoms with Crippen molar-refractivity contribution in [2.24, 2.45) is 5.92 Å². The van der Waals surface area contributed by atoms with E-state index in [1.165, 1.54) is 32.1 Å². The first-order chi connectivity index (χ1) is 8.61. The highest BCUT2D eigenvalue weighted by Crippen LogP contribution is 2.32. The van der Waals surface area contributed by atoms with Gasteiger partial charge in [0.15, 0.2) is 11.0 Å². The molecule has 0 atom stereocenters. The molecule has 18 heavy (non-hydrogen) atoms. The highest BCUT2D eigenvalue weighted by molar-refractivity contribution is 6.32. The van der Waals surface area contributed by atoms with E-state index in [0.29, 0.717) is 17.0 Å². The molecule has 4 nitrogen and oxygen atoms in total. The van der Waals surface area contributed by atoms with Gasteiger partial charge in [-0.2, -0.15) is 4.98 Å². The Kier molecular flexibility index (Phi) is 4.62. The maximum atomic E-state index is 6.03. The minimum Gasteiger partial charge on any atom is -0.354 e. The highest BCUT2D eigenvalue weighted by atomic mass is 35.5. The Hall–Kier alpha value is -0.610. The second-order valence-corrected chi connectivity index (χ2v) is 5.59. The molecule has 0 N–H and O–H groups in total. The molecule has 2 rings (SSSR count). The molecule has 0 amide bonds. The molecule has 1 aromatic heterocycles. The Morgan fingerprint density at radius 1 is 1.17 bits per heavy atom. The zero-order chi connectivity index (χ0) is 13.1. The molecule has 0 radical (unpaired) electrons. The van der Waals surface area contributed by atoms with Gasteiger partial charge in [-0.3, -0.25) is 0 Å². The highest BCUT2D eigenvalue weighted by Gasteiger charge is 2.25. The number of aromatic nitrogens is 3. The minimum atomic E-state index is 0.142. The lowest BCUT2D eigenvalue weighted by molar-refractivity contribution is 0.312. The van der Waals surface area contributed by atoms with Gasteiger partial charge >= 0.3 is 0 Å². The summed E-state index contributed by atoms with van der Waals surface area (Å²) in [6.07, 6.45) is 6.17. The van der Waals surface area contributed by atoms with Crippen LogP contribution in [0.3, 0.4) is 0 Å². The molecule has 0 unspecified atom stereocenters. The van der Waals surface area contributed by atoms with Gasteiger partial charge in [0.2, 0.25) is 5.28 Å². The number of anilines is 1. The summed E-state index contributed by atoms with van der Waals surface area (Å²) in [5.74, 6) is 1.51. The number of hydrogen-bond acceptors (Lipinski definition) is 4. The van der Waals surface area contributed by atoms with E-state index in [0.717, 1.165) is 5.92 Å². The van der Waals surface area contributed by atoms with E-state index in [1.54, 1.807) is 0 Å². The Labute approximate surface area is 118 Å². The van der Waals surface area contributed by atoms with Crippen LogP contribution in [0, 0.1) is 5.92 Å². The van der Waals surface area contributed by atoms with Gasteiger partial charge in [-0.25, -0.2) is 0 Å². The summed E-state index contributed by atoms with van der Waals surface area (Å²) in [4.78, 5) is 6.26. The molecular weight excluding hydrogens is 271 g/mol. The van der Waals surface area contributed by atoms with Crippen molar-refractivity contribution in [1.82, 2.24) is 15.2 Å². The fourth-order valence-corrected chi connectivity index (χ4v) is 2.95. The van der Waals surface area contributed by atoms with E-state index < -0.39 is 0 Å². The molecule has 1 aliphatic carbocycles. The molecule has 100 valence electrons. The lowest BCUT2D eigenvalue weighted by Gasteiger charge is -2.35. The maximum absolute atomic E-state index is 6.03. The monoisotopic (exact) mass is 288 g/mol. The molecule has 0 bridgehead atoms. The molecule has 0 aromatic carbocycles. The van der Waals surface area contributed by atoms with Gasteiger partial charge in [0.1, 0.15) is 0 Å². The topological polar surface area (TPSA) is 41.9 Å². The van der Waals surface area contributed by atoms with Gasteiger partial charge in [-0.05, 0) is 43.2 Å². The normalized spacial score (nSPS) is 24.0. The van der Waals surface area contributed by atoms with Crippen LogP contribution in [0.5, 0.6) is 0 Å². The van der Waals surface area contributed by atoms with E-state index in [9.17, 15) is 0 Å². The number of rotatable bonds is 3. The summed E-state index contributed by atoms with van der Waals surface area (Å²) < 4.78 is 0. The van der Waals surface area contributed by atoms with Crippen LogP contribution in [0.2, 0.25) is 10.4 Å². The molecule has 1 heterocycles. The van der Waals surface area contributed by atoms with E-state index in [2.05, 4.69) is 27.0 Å². The maximum Gasteiger partial charge on any atom is 0.245 e.